The van der Waals surface area contributed by atoms with E-state index in [4.69, 9.17) is 5.26 Å². The minimum atomic E-state index is 0.929. The summed E-state index contributed by atoms with van der Waals surface area (Å²) in [5.41, 5.74) is 3.41. The molecule has 0 spiro atoms. The lowest BCUT2D eigenvalue weighted by molar-refractivity contribution is 0.886. The minimum Gasteiger partial charge on any atom is -0.192 e. The third-order valence-electron chi connectivity index (χ3n) is 2.48. The van der Waals surface area contributed by atoms with Crippen LogP contribution < -0.4 is 0 Å². The molecule has 0 N–H and O–H groups in total. The van der Waals surface area contributed by atoms with Crippen molar-refractivity contribution in [1.82, 2.24) is 0 Å². The summed E-state index contributed by atoms with van der Waals surface area (Å²) in [6, 6.07) is 4.37. The maximum atomic E-state index is 9.06. The third kappa shape index (κ3) is 1.66. The van der Waals surface area contributed by atoms with E-state index in [-0.39, 0.29) is 0 Å². The van der Waals surface area contributed by atoms with Gasteiger partial charge in [-0.3, -0.25) is 0 Å². The molecule has 1 nitrogen and oxygen atoms in total. The highest BCUT2D eigenvalue weighted by Crippen LogP contribution is 2.31. The second-order valence-electron chi connectivity index (χ2n) is 3.31. The molecule has 0 saturated heterocycles. The fraction of sp³-hybridized carbons (Fsp3) is 0.364. The molecule has 1 aromatic heterocycles. The zero-order valence-electron chi connectivity index (χ0n) is 7.42. The molecule has 0 aliphatic heterocycles. The largest absolute Gasteiger partial charge is 0.192 e. The van der Waals surface area contributed by atoms with Crippen LogP contribution in [-0.2, 0) is 0 Å². The van der Waals surface area contributed by atoms with Crippen LogP contribution in [0.15, 0.2) is 22.4 Å². The van der Waals surface area contributed by atoms with E-state index in [9.17, 15) is 0 Å². The molecule has 1 fully saturated rings. The van der Waals surface area contributed by atoms with Gasteiger partial charge in [0.05, 0.1) is 11.6 Å². The maximum absolute atomic E-state index is 9.06. The van der Waals surface area contributed by atoms with Gasteiger partial charge in [-0.1, -0.05) is 5.57 Å². The Morgan fingerprint density at radius 2 is 2.15 bits per heavy atom. The number of rotatable bonds is 1. The molecule has 0 unspecified atom stereocenters. The van der Waals surface area contributed by atoms with Crippen molar-refractivity contribution in [2.24, 2.45) is 0 Å². The van der Waals surface area contributed by atoms with Gasteiger partial charge in [-0.25, -0.2) is 0 Å². The Kier molecular flexibility index (Phi) is 2.47. The average molecular weight is 189 g/mol. The van der Waals surface area contributed by atoms with Crippen molar-refractivity contribution in [3.63, 3.8) is 0 Å². The first-order valence-electron chi connectivity index (χ1n) is 4.56. The first-order chi connectivity index (χ1) is 6.42. The summed E-state index contributed by atoms with van der Waals surface area (Å²) in [5.74, 6) is 0. The van der Waals surface area contributed by atoms with E-state index in [0.717, 1.165) is 24.0 Å². The number of nitrogens with zero attached hydrogens (tertiary/aromatic N) is 1. The van der Waals surface area contributed by atoms with Crippen molar-refractivity contribution >= 4 is 16.9 Å². The molecule has 1 heterocycles. The van der Waals surface area contributed by atoms with Gasteiger partial charge in [0.1, 0.15) is 0 Å². The molecule has 13 heavy (non-hydrogen) atoms. The first-order valence-corrected chi connectivity index (χ1v) is 5.51. The van der Waals surface area contributed by atoms with E-state index >= 15 is 0 Å². The van der Waals surface area contributed by atoms with Gasteiger partial charge >= 0.3 is 0 Å². The summed E-state index contributed by atoms with van der Waals surface area (Å²) < 4.78 is 0. The predicted molar refractivity (Wildman–Crippen MR) is 55.3 cm³/mol. The van der Waals surface area contributed by atoms with Crippen LogP contribution in [0, 0.1) is 11.3 Å². The molecule has 1 aliphatic rings. The third-order valence-corrected chi connectivity index (χ3v) is 3.17. The van der Waals surface area contributed by atoms with Crippen LogP contribution in [0.3, 0.4) is 0 Å². The molecule has 2 rings (SSSR count). The quantitative estimate of drug-likeness (QED) is 0.619. The van der Waals surface area contributed by atoms with Gasteiger partial charge in [-0.2, -0.15) is 16.6 Å². The summed E-state index contributed by atoms with van der Waals surface area (Å²) in [7, 11) is 0. The lowest BCUT2D eigenvalue weighted by atomic mass is 10.0. The molecule has 0 aromatic carbocycles. The Morgan fingerprint density at radius 3 is 2.69 bits per heavy atom. The Balaban J connectivity index is 2.39. The monoisotopic (exact) mass is 189 g/mol. The lowest BCUT2D eigenvalue weighted by Crippen LogP contribution is -1.83. The highest BCUT2D eigenvalue weighted by atomic mass is 32.1. The summed E-state index contributed by atoms with van der Waals surface area (Å²) in [6.45, 7) is 0. The standard InChI is InChI=1S/C11H11NS/c12-7-11(9-3-1-2-4-9)10-5-6-13-8-10/h5-6,8H,1-4H2. The zero-order chi connectivity index (χ0) is 9.10. The van der Waals surface area contributed by atoms with E-state index in [0.29, 0.717) is 0 Å². The van der Waals surface area contributed by atoms with E-state index in [1.165, 1.54) is 18.4 Å². The fourth-order valence-corrected chi connectivity index (χ4v) is 2.45. The molecule has 0 radical (unpaired) electrons. The first kappa shape index (κ1) is 8.52. The Bertz CT molecular complexity index is 346. The maximum Gasteiger partial charge on any atom is 0.0997 e. The van der Waals surface area contributed by atoms with Crippen LogP contribution in [0.1, 0.15) is 31.2 Å². The van der Waals surface area contributed by atoms with Gasteiger partial charge in [0.25, 0.3) is 0 Å². The van der Waals surface area contributed by atoms with E-state index in [2.05, 4.69) is 11.4 Å². The number of thiophene rings is 1. The van der Waals surface area contributed by atoms with Crippen LogP contribution >= 0.6 is 11.3 Å². The molecule has 0 atom stereocenters. The molecule has 66 valence electrons. The number of hydrogen-bond donors (Lipinski definition) is 0. The van der Waals surface area contributed by atoms with Gasteiger partial charge in [0, 0.05) is 5.56 Å². The average Bonchev–Trinajstić information content (AvgIpc) is 2.76. The predicted octanol–water partition coefficient (Wildman–Crippen LogP) is 3.60. The van der Waals surface area contributed by atoms with Crippen molar-refractivity contribution in [1.29, 1.82) is 5.26 Å². The van der Waals surface area contributed by atoms with Gasteiger partial charge < -0.3 is 0 Å². The number of nitriles is 1. The van der Waals surface area contributed by atoms with E-state index in [1.54, 1.807) is 11.3 Å². The van der Waals surface area contributed by atoms with Crippen molar-refractivity contribution in [3.05, 3.63) is 28.0 Å². The van der Waals surface area contributed by atoms with Gasteiger partial charge in [0.2, 0.25) is 0 Å². The van der Waals surface area contributed by atoms with Crippen molar-refractivity contribution in [3.8, 4) is 6.07 Å². The molecule has 1 saturated carbocycles. The topological polar surface area (TPSA) is 23.8 Å². The van der Waals surface area contributed by atoms with Crippen molar-refractivity contribution in [2.75, 3.05) is 0 Å². The Labute approximate surface area is 82.3 Å². The Morgan fingerprint density at radius 1 is 1.38 bits per heavy atom. The van der Waals surface area contributed by atoms with Crippen LogP contribution in [0.4, 0.5) is 0 Å². The second kappa shape index (κ2) is 3.76. The van der Waals surface area contributed by atoms with Crippen LogP contribution in [0.5, 0.6) is 0 Å². The molecular formula is C11H11NS. The van der Waals surface area contributed by atoms with Gasteiger partial charge in [-0.05, 0) is 42.5 Å². The summed E-state index contributed by atoms with van der Waals surface area (Å²) in [4.78, 5) is 0. The number of allylic oxidation sites excluding steroid dienone is 2. The van der Waals surface area contributed by atoms with E-state index in [1.807, 2.05) is 11.4 Å². The summed E-state index contributed by atoms with van der Waals surface area (Å²) in [5, 5.41) is 13.1. The SMILES string of the molecule is N#CC(=C1CCCC1)c1ccsc1. The highest BCUT2D eigenvalue weighted by molar-refractivity contribution is 7.08. The van der Waals surface area contributed by atoms with Crippen LogP contribution in [-0.4, -0.2) is 0 Å². The van der Waals surface area contributed by atoms with Gasteiger partial charge in [0.15, 0.2) is 0 Å². The normalized spacial score (nSPS) is 15.8. The van der Waals surface area contributed by atoms with Crippen LogP contribution in [0.2, 0.25) is 0 Å². The van der Waals surface area contributed by atoms with Crippen molar-refractivity contribution < 1.29 is 0 Å². The lowest BCUT2D eigenvalue weighted by Gasteiger charge is -1.99. The molecule has 1 aliphatic carbocycles. The molecular weight excluding hydrogens is 178 g/mol. The molecule has 1 aromatic rings. The molecule has 0 bridgehead atoms. The number of hydrogen-bond acceptors (Lipinski definition) is 2. The molecule has 0 amide bonds. The smallest absolute Gasteiger partial charge is 0.0997 e. The summed E-state index contributed by atoms with van der Waals surface area (Å²) >= 11 is 1.66. The minimum absolute atomic E-state index is 0.929. The van der Waals surface area contributed by atoms with Crippen LogP contribution in [0.25, 0.3) is 5.57 Å². The second-order valence-corrected chi connectivity index (χ2v) is 4.09. The summed E-state index contributed by atoms with van der Waals surface area (Å²) in [6.07, 6.45) is 4.76. The van der Waals surface area contributed by atoms with Gasteiger partial charge in [-0.15, -0.1) is 0 Å². The highest BCUT2D eigenvalue weighted by Gasteiger charge is 2.13. The van der Waals surface area contributed by atoms with E-state index < -0.39 is 0 Å². The van der Waals surface area contributed by atoms with Crippen molar-refractivity contribution in [2.45, 2.75) is 25.7 Å². The Hall–Kier alpha value is -1.07. The molecule has 2 heteroatoms. The zero-order valence-corrected chi connectivity index (χ0v) is 8.23. The fourth-order valence-electron chi connectivity index (χ4n) is 1.81.